The topological polar surface area (TPSA) is 24.9 Å². The van der Waals surface area contributed by atoms with E-state index in [4.69, 9.17) is 0 Å². The number of aromatic nitrogens is 1. The minimum absolute atomic E-state index is 0.593. The second-order valence-corrected chi connectivity index (χ2v) is 5.07. The van der Waals surface area contributed by atoms with Crippen LogP contribution in [-0.4, -0.2) is 4.98 Å². The maximum atomic E-state index is 4.05. The molecule has 0 atom stereocenters. The Morgan fingerprint density at radius 1 is 1.25 bits per heavy atom. The Bertz CT molecular complexity index is 418. The lowest BCUT2D eigenvalue weighted by atomic mass is 10.0. The number of hydrogen-bond donors (Lipinski definition) is 1. The first-order valence-corrected chi connectivity index (χ1v) is 6.35. The van der Waals surface area contributed by atoms with Crippen molar-refractivity contribution in [1.82, 2.24) is 4.98 Å². The average molecular weight is 232 g/mol. The van der Waals surface area contributed by atoms with Crippen LogP contribution in [0.1, 0.15) is 30.2 Å². The maximum Gasteiger partial charge on any atom is 0.0794 e. The van der Waals surface area contributed by atoms with Gasteiger partial charge in [0.05, 0.1) is 12.1 Å². The zero-order valence-electron chi connectivity index (χ0n) is 9.60. The minimum Gasteiger partial charge on any atom is -0.380 e. The van der Waals surface area contributed by atoms with E-state index in [1.165, 1.54) is 10.4 Å². The van der Waals surface area contributed by atoms with Crippen LogP contribution >= 0.6 is 11.3 Å². The normalized spacial score (nSPS) is 10.7. The molecule has 1 N–H and O–H groups in total. The fraction of sp³-hybridized carbons (Fsp3) is 0.308. The van der Waals surface area contributed by atoms with Crippen molar-refractivity contribution in [3.8, 4) is 0 Å². The van der Waals surface area contributed by atoms with Gasteiger partial charge in [-0.25, -0.2) is 0 Å². The van der Waals surface area contributed by atoms with Crippen molar-refractivity contribution in [3.05, 3.63) is 46.4 Å². The van der Waals surface area contributed by atoms with Crippen LogP contribution in [0.25, 0.3) is 0 Å². The molecule has 0 fully saturated rings. The Balaban J connectivity index is 1.95. The van der Waals surface area contributed by atoms with Gasteiger partial charge in [-0.3, -0.25) is 4.98 Å². The molecule has 0 unspecified atom stereocenters. The van der Waals surface area contributed by atoms with E-state index in [9.17, 15) is 0 Å². The van der Waals surface area contributed by atoms with Gasteiger partial charge in [-0.2, -0.15) is 0 Å². The lowest BCUT2D eigenvalue weighted by molar-refractivity contribution is 0.867. The highest BCUT2D eigenvalue weighted by Crippen LogP contribution is 2.18. The molecule has 0 amide bonds. The summed E-state index contributed by atoms with van der Waals surface area (Å²) in [5.74, 6) is 0.593. The molecule has 3 heteroatoms. The molecule has 2 rings (SSSR count). The van der Waals surface area contributed by atoms with Gasteiger partial charge in [0.2, 0.25) is 0 Å². The molecule has 0 aliphatic carbocycles. The summed E-state index contributed by atoms with van der Waals surface area (Å²) in [6.07, 6.45) is 1.90. The Morgan fingerprint density at radius 3 is 2.56 bits per heavy atom. The van der Waals surface area contributed by atoms with E-state index >= 15 is 0 Å². The van der Waals surface area contributed by atoms with Crippen LogP contribution in [0.5, 0.6) is 0 Å². The van der Waals surface area contributed by atoms with Crippen molar-refractivity contribution in [1.29, 1.82) is 0 Å². The Kier molecular flexibility index (Phi) is 3.57. The Labute approximate surface area is 100 Å². The zero-order chi connectivity index (χ0) is 11.4. The molecule has 0 aliphatic heterocycles. The van der Waals surface area contributed by atoms with Gasteiger partial charge >= 0.3 is 0 Å². The Morgan fingerprint density at radius 2 is 2.00 bits per heavy atom. The van der Waals surface area contributed by atoms with Crippen LogP contribution in [0.2, 0.25) is 0 Å². The van der Waals surface area contributed by atoms with E-state index in [0.717, 1.165) is 12.2 Å². The lowest BCUT2D eigenvalue weighted by Gasteiger charge is -2.08. The molecule has 16 heavy (non-hydrogen) atoms. The molecule has 0 aliphatic rings. The van der Waals surface area contributed by atoms with E-state index in [2.05, 4.69) is 48.4 Å². The predicted molar refractivity (Wildman–Crippen MR) is 70.0 cm³/mol. The zero-order valence-corrected chi connectivity index (χ0v) is 10.4. The molecule has 0 spiro atoms. The van der Waals surface area contributed by atoms with Gasteiger partial charge in [0.1, 0.15) is 0 Å². The second kappa shape index (κ2) is 5.12. The van der Waals surface area contributed by atoms with Crippen LogP contribution in [0.4, 0.5) is 5.69 Å². The van der Waals surface area contributed by atoms with Crippen molar-refractivity contribution >= 4 is 17.0 Å². The summed E-state index contributed by atoms with van der Waals surface area (Å²) in [5, 5.41) is 3.38. The third-order valence-electron chi connectivity index (χ3n) is 2.53. The third kappa shape index (κ3) is 2.83. The molecule has 0 saturated heterocycles. The van der Waals surface area contributed by atoms with Crippen molar-refractivity contribution in [2.24, 2.45) is 0 Å². The predicted octanol–water partition coefficient (Wildman–Crippen LogP) is 3.88. The monoisotopic (exact) mass is 232 g/mol. The number of nitrogens with one attached hydrogen (secondary N) is 1. The SMILES string of the molecule is CC(C)c1ccc(NCc2cncs2)cc1. The molecule has 0 radical (unpaired) electrons. The highest BCUT2D eigenvalue weighted by molar-refractivity contribution is 7.09. The number of thiazole rings is 1. The van der Waals surface area contributed by atoms with Crippen LogP contribution in [0.3, 0.4) is 0 Å². The highest BCUT2D eigenvalue weighted by Gasteiger charge is 1.99. The molecule has 1 aromatic carbocycles. The van der Waals surface area contributed by atoms with Crippen LogP contribution in [0.15, 0.2) is 36.0 Å². The first-order chi connectivity index (χ1) is 7.75. The van der Waals surface area contributed by atoms with Gasteiger partial charge < -0.3 is 5.32 Å². The quantitative estimate of drug-likeness (QED) is 0.865. The highest BCUT2D eigenvalue weighted by atomic mass is 32.1. The van der Waals surface area contributed by atoms with E-state index in [1.54, 1.807) is 11.3 Å². The van der Waals surface area contributed by atoms with E-state index in [0.29, 0.717) is 5.92 Å². The lowest BCUT2D eigenvalue weighted by Crippen LogP contribution is -1.97. The summed E-state index contributed by atoms with van der Waals surface area (Å²) in [6.45, 7) is 5.27. The van der Waals surface area contributed by atoms with Crippen LogP contribution in [-0.2, 0) is 6.54 Å². The van der Waals surface area contributed by atoms with Gasteiger partial charge in [-0.1, -0.05) is 26.0 Å². The third-order valence-corrected chi connectivity index (χ3v) is 3.31. The van der Waals surface area contributed by atoms with Gasteiger partial charge in [0, 0.05) is 16.8 Å². The van der Waals surface area contributed by atoms with E-state index in [1.807, 2.05) is 11.7 Å². The summed E-state index contributed by atoms with van der Waals surface area (Å²) in [4.78, 5) is 5.31. The van der Waals surface area contributed by atoms with Crippen molar-refractivity contribution in [2.45, 2.75) is 26.3 Å². The summed E-state index contributed by atoms with van der Waals surface area (Å²) in [6, 6.07) is 8.63. The van der Waals surface area contributed by atoms with Gasteiger partial charge in [-0.15, -0.1) is 11.3 Å². The number of anilines is 1. The molecule has 2 nitrogen and oxygen atoms in total. The van der Waals surface area contributed by atoms with Gasteiger partial charge in [0.15, 0.2) is 0 Å². The average Bonchev–Trinajstić information content (AvgIpc) is 2.80. The van der Waals surface area contributed by atoms with E-state index < -0.39 is 0 Å². The second-order valence-electron chi connectivity index (χ2n) is 4.10. The van der Waals surface area contributed by atoms with Crippen LogP contribution in [0, 0.1) is 0 Å². The fourth-order valence-electron chi connectivity index (χ4n) is 1.50. The van der Waals surface area contributed by atoms with Crippen molar-refractivity contribution < 1.29 is 0 Å². The summed E-state index contributed by atoms with van der Waals surface area (Å²) < 4.78 is 0. The summed E-state index contributed by atoms with van der Waals surface area (Å²) in [5.41, 5.74) is 4.40. The van der Waals surface area contributed by atoms with Gasteiger partial charge in [-0.05, 0) is 23.6 Å². The Hall–Kier alpha value is -1.35. The van der Waals surface area contributed by atoms with Crippen LogP contribution < -0.4 is 5.32 Å². The molecule has 2 aromatic rings. The van der Waals surface area contributed by atoms with Gasteiger partial charge in [0.25, 0.3) is 0 Å². The molecular weight excluding hydrogens is 216 g/mol. The first-order valence-electron chi connectivity index (χ1n) is 5.47. The molecular formula is C13H16N2S. The fourth-order valence-corrected chi connectivity index (χ4v) is 2.04. The van der Waals surface area contributed by atoms with Crippen molar-refractivity contribution in [3.63, 3.8) is 0 Å². The maximum absolute atomic E-state index is 4.05. The largest absolute Gasteiger partial charge is 0.380 e. The summed E-state index contributed by atoms with van der Waals surface area (Å²) >= 11 is 1.68. The molecule has 0 bridgehead atoms. The first kappa shape index (κ1) is 11.1. The molecule has 1 aromatic heterocycles. The molecule has 0 saturated carbocycles. The van der Waals surface area contributed by atoms with Crippen molar-refractivity contribution in [2.75, 3.05) is 5.32 Å². The van der Waals surface area contributed by atoms with E-state index in [-0.39, 0.29) is 0 Å². The summed E-state index contributed by atoms with van der Waals surface area (Å²) in [7, 11) is 0. The number of hydrogen-bond acceptors (Lipinski definition) is 3. The standard InChI is InChI=1S/C13H16N2S/c1-10(2)11-3-5-12(6-4-11)15-8-13-7-14-9-16-13/h3-7,9-10,15H,8H2,1-2H3. The smallest absolute Gasteiger partial charge is 0.0794 e. The molecule has 84 valence electrons. The number of benzene rings is 1. The number of rotatable bonds is 4. The number of nitrogens with zero attached hydrogens (tertiary/aromatic N) is 1. The molecule has 1 heterocycles. The minimum atomic E-state index is 0.593.